The molecule has 1 heterocycles. The third-order valence-corrected chi connectivity index (χ3v) is 4.82. The predicted molar refractivity (Wildman–Crippen MR) is 124 cm³/mol. The normalized spacial score (nSPS) is 11.1. The second-order valence-corrected chi connectivity index (χ2v) is 7.77. The van der Waals surface area contributed by atoms with E-state index in [0.717, 1.165) is 0 Å². The lowest BCUT2D eigenvalue weighted by atomic mass is 10.0. The molecule has 0 saturated carbocycles. The highest BCUT2D eigenvalue weighted by atomic mass is 79.9. The molecule has 2 aromatic rings. The molecule has 14 nitrogen and oxygen atoms in total. The first-order valence-electron chi connectivity index (χ1n) is 9.04. The lowest BCUT2D eigenvalue weighted by molar-refractivity contribution is -0.137. The number of guanidine groups is 1. The number of hydrogen-bond acceptors (Lipinski definition) is 8. The molecule has 0 aliphatic carbocycles. The van der Waals surface area contributed by atoms with E-state index in [-0.39, 0.29) is 32.4 Å². The number of amides is 2. The fraction of sp³-hybridized carbons (Fsp3) is 0.167. The minimum Gasteiger partial charge on any atom is -0.506 e. The molecule has 10 N–H and O–H groups in total. The van der Waals surface area contributed by atoms with E-state index in [1.54, 1.807) is 0 Å². The molecular weight excluding hydrogens is 538 g/mol. The molecule has 178 valence electrons. The topological polar surface area (TPSA) is 236 Å². The van der Waals surface area contributed by atoms with E-state index < -0.39 is 54.3 Å². The zero-order valence-electron chi connectivity index (χ0n) is 17.0. The second kappa shape index (κ2) is 11.1. The molecule has 1 atom stereocenters. The number of nitrogens with two attached hydrogens (primary N) is 3. The number of halogens is 2. The number of aromatic hydroxyl groups is 1. The summed E-state index contributed by atoms with van der Waals surface area (Å²) in [4.78, 5) is 50.4. The number of carboxylic acids is 1. The van der Waals surface area contributed by atoms with Gasteiger partial charge < -0.3 is 42.9 Å². The molecule has 34 heavy (non-hydrogen) atoms. The summed E-state index contributed by atoms with van der Waals surface area (Å²) in [5, 5.41) is 24.3. The summed E-state index contributed by atoms with van der Waals surface area (Å²) in [7, 11) is 0. The molecule has 0 aliphatic heterocycles. The van der Waals surface area contributed by atoms with Crippen molar-refractivity contribution in [3.8, 4) is 5.75 Å². The van der Waals surface area contributed by atoms with Crippen molar-refractivity contribution in [3.63, 3.8) is 0 Å². The van der Waals surface area contributed by atoms with Crippen LogP contribution in [0.25, 0.3) is 4.85 Å². The third kappa shape index (κ3) is 6.67. The Morgan fingerprint density at radius 2 is 1.97 bits per heavy atom. The maximum absolute atomic E-state index is 12.5. The number of carboxylic acid groups (broad SMARTS) is 1. The van der Waals surface area contributed by atoms with E-state index in [9.17, 15) is 24.6 Å². The summed E-state index contributed by atoms with van der Waals surface area (Å²) in [5.74, 6) is -4.84. The Kier molecular flexibility index (Phi) is 8.53. The lowest BCUT2D eigenvalue weighted by Crippen LogP contribution is -2.39. The van der Waals surface area contributed by atoms with Crippen LogP contribution < -0.4 is 27.8 Å². The molecule has 16 heteroatoms. The highest BCUT2D eigenvalue weighted by molar-refractivity contribution is 9.10. The maximum Gasteiger partial charge on any atom is 0.316 e. The lowest BCUT2D eigenvalue weighted by Gasteiger charge is -2.19. The standard InChI is InChI=1S/C18H17BrClN9O5/c1-24-15-16(29-18(22)23)27-12(14(21)28-15)17(34)25-5-10(30)26-9(4-11(31)32)7-2-6(20)3-8(19)13(7)33/h2-3,9,33H,4-5H2,(H2,21,28)(H,25,34)(H,26,30)(H,31,32)(H4,22,23,27,29). The number of phenols is 1. The van der Waals surface area contributed by atoms with Gasteiger partial charge in [-0.1, -0.05) is 23.2 Å². The van der Waals surface area contributed by atoms with Gasteiger partial charge >= 0.3 is 11.8 Å². The molecule has 1 aromatic carbocycles. The summed E-state index contributed by atoms with van der Waals surface area (Å²) >= 11 is 9.06. The quantitative estimate of drug-likeness (QED) is 0.137. The van der Waals surface area contributed by atoms with Gasteiger partial charge in [0.15, 0.2) is 17.5 Å². The van der Waals surface area contributed by atoms with Gasteiger partial charge in [-0.25, -0.2) is 9.98 Å². The Morgan fingerprint density at radius 3 is 2.56 bits per heavy atom. The number of aliphatic carboxylic acids is 1. The van der Waals surface area contributed by atoms with Crippen LogP contribution in [0.2, 0.25) is 5.02 Å². The van der Waals surface area contributed by atoms with E-state index in [0.29, 0.717) is 0 Å². The minimum atomic E-state index is -1.26. The molecule has 1 aromatic heterocycles. The van der Waals surface area contributed by atoms with Crippen molar-refractivity contribution in [1.82, 2.24) is 20.6 Å². The average Bonchev–Trinajstić information content (AvgIpc) is 2.74. The number of anilines is 1. The Morgan fingerprint density at radius 1 is 1.29 bits per heavy atom. The van der Waals surface area contributed by atoms with Crippen molar-refractivity contribution >= 4 is 68.7 Å². The summed E-state index contributed by atoms with van der Waals surface area (Å²) in [6.45, 7) is 6.43. The molecule has 0 saturated heterocycles. The first kappa shape index (κ1) is 26.1. The highest BCUT2D eigenvalue weighted by Crippen LogP contribution is 2.36. The number of phenolic OH excluding ortho intramolecular Hbond substituents is 1. The minimum absolute atomic E-state index is 0.0492. The number of nitrogen functional groups attached to an aromatic ring is 1. The van der Waals surface area contributed by atoms with E-state index in [4.69, 9.17) is 35.4 Å². The number of benzene rings is 1. The molecule has 0 spiro atoms. The number of carbonyl (C=O) groups is 3. The smallest absolute Gasteiger partial charge is 0.316 e. The van der Waals surface area contributed by atoms with E-state index in [1.807, 2.05) is 0 Å². The van der Waals surface area contributed by atoms with Gasteiger partial charge in [0, 0.05) is 10.6 Å². The van der Waals surface area contributed by atoms with Crippen molar-refractivity contribution in [2.24, 2.45) is 16.5 Å². The SMILES string of the molecule is [C-]#[N+]c1nc(N)c(C(=O)NCC(=O)NC(CC(=O)O)c2cc(Cl)cc(Br)c2O)nc1N=C(N)N. The zero-order valence-corrected chi connectivity index (χ0v) is 19.4. The van der Waals surface area contributed by atoms with Gasteiger partial charge in [-0.05, 0) is 28.1 Å². The summed E-state index contributed by atoms with van der Waals surface area (Å²) in [6.07, 6.45) is -0.585. The number of aliphatic imine (C=N–C) groups is 1. The van der Waals surface area contributed by atoms with Crippen molar-refractivity contribution < 1.29 is 24.6 Å². The van der Waals surface area contributed by atoms with Gasteiger partial charge in [0.1, 0.15) is 5.75 Å². The molecule has 0 aliphatic rings. The molecule has 2 rings (SSSR count). The second-order valence-electron chi connectivity index (χ2n) is 6.48. The van der Waals surface area contributed by atoms with Gasteiger partial charge in [-0.3, -0.25) is 14.4 Å². The average molecular weight is 555 g/mol. The molecule has 2 amide bonds. The van der Waals surface area contributed by atoms with E-state index in [1.165, 1.54) is 12.1 Å². The number of nitrogens with one attached hydrogen (secondary N) is 2. The van der Waals surface area contributed by atoms with Crippen LogP contribution in [0, 0.1) is 6.57 Å². The van der Waals surface area contributed by atoms with Crippen LogP contribution in [0.5, 0.6) is 5.75 Å². The summed E-state index contributed by atoms with van der Waals surface area (Å²) in [5.41, 5.74) is 15.8. The van der Waals surface area contributed by atoms with Crippen LogP contribution in [0.15, 0.2) is 21.6 Å². The Labute approximate surface area is 205 Å². The van der Waals surface area contributed by atoms with Crippen molar-refractivity contribution in [2.75, 3.05) is 12.3 Å². The van der Waals surface area contributed by atoms with Gasteiger partial charge in [0.2, 0.25) is 11.7 Å². The number of aromatic nitrogens is 2. The van der Waals surface area contributed by atoms with Gasteiger partial charge in [-0.15, -0.1) is 0 Å². The van der Waals surface area contributed by atoms with E-state index in [2.05, 4.69) is 46.4 Å². The van der Waals surface area contributed by atoms with Crippen LogP contribution in [-0.4, -0.2) is 50.5 Å². The first-order valence-corrected chi connectivity index (χ1v) is 10.2. The molecular formula is C18H17BrClN9O5. The Hall–Kier alpha value is -4.16. The molecule has 0 radical (unpaired) electrons. The monoisotopic (exact) mass is 553 g/mol. The van der Waals surface area contributed by atoms with Gasteiger partial charge in [0.25, 0.3) is 5.91 Å². The van der Waals surface area contributed by atoms with Crippen molar-refractivity contribution in [3.05, 3.63) is 44.3 Å². The van der Waals surface area contributed by atoms with Gasteiger partial charge in [-0.2, -0.15) is 0 Å². The molecule has 0 fully saturated rings. The number of carbonyl (C=O) groups excluding carboxylic acids is 2. The van der Waals surface area contributed by atoms with Crippen LogP contribution in [-0.2, 0) is 9.59 Å². The van der Waals surface area contributed by atoms with Crippen LogP contribution in [0.3, 0.4) is 0 Å². The molecule has 1 unspecified atom stereocenters. The fourth-order valence-electron chi connectivity index (χ4n) is 2.62. The van der Waals surface area contributed by atoms with Crippen LogP contribution in [0.1, 0.15) is 28.5 Å². The summed E-state index contributed by atoms with van der Waals surface area (Å²) < 4.78 is 0.196. The Bertz CT molecular complexity index is 1230. The fourth-order valence-corrected chi connectivity index (χ4v) is 3.46. The van der Waals surface area contributed by atoms with Gasteiger partial charge in [0.05, 0.1) is 23.5 Å². The zero-order chi connectivity index (χ0) is 25.6. The van der Waals surface area contributed by atoms with Crippen molar-refractivity contribution in [1.29, 1.82) is 0 Å². The van der Waals surface area contributed by atoms with Crippen LogP contribution >= 0.6 is 27.5 Å². The Balaban J connectivity index is 2.20. The number of nitrogens with zero attached hydrogens (tertiary/aromatic N) is 4. The first-order chi connectivity index (χ1) is 15.9. The van der Waals surface area contributed by atoms with Crippen molar-refractivity contribution in [2.45, 2.75) is 12.5 Å². The number of hydrogen-bond donors (Lipinski definition) is 7. The highest BCUT2D eigenvalue weighted by Gasteiger charge is 2.24. The molecule has 0 bridgehead atoms. The maximum atomic E-state index is 12.5. The van der Waals surface area contributed by atoms with Crippen LogP contribution in [0.4, 0.5) is 17.5 Å². The number of rotatable bonds is 8. The third-order valence-electron chi connectivity index (χ3n) is 4.00. The largest absolute Gasteiger partial charge is 0.506 e. The predicted octanol–water partition coefficient (Wildman–Crippen LogP) is 0.698. The van der Waals surface area contributed by atoms with E-state index >= 15 is 0 Å². The summed E-state index contributed by atoms with van der Waals surface area (Å²) in [6, 6.07) is 1.52.